The molecule has 1 aromatic rings. The lowest BCUT2D eigenvalue weighted by atomic mass is 10.1. The molecule has 0 N–H and O–H groups in total. The van der Waals surface area contributed by atoms with Crippen molar-refractivity contribution < 1.29 is 9.47 Å². The average Bonchev–Trinajstić information content (AvgIpc) is 2.34. The maximum Gasteiger partial charge on any atom is 0.268 e. The monoisotopic (exact) mass is 218 g/mol. The number of hydrogen-bond acceptors (Lipinski definition) is 3. The van der Waals surface area contributed by atoms with Gasteiger partial charge in [-0.1, -0.05) is 5.11 Å². The first-order valence-electron chi connectivity index (χ1n) is 4.40. The van der Waals surface area contributed by atoms with E-state index >= 15 is 0 Å². The van der Waals surface area contributed by atoms with Gasteiger partial charge in [0.15, 0.2) is 0 Å². The molecule has 0 heterocycles. The van der Waals surface area contributed by atoms with E-state index in [1.807, 2.05) is 0 Å². The Labute approximate surface area is 92.9 Å². The van der Waals surface area contributed by atoms with Crippen LogP contribution in [-0.4, -0.2) is 14.2 Å². The van der Waals surface area contributed by atoms with Crippen molar-refractivity contribution in [3.63, 3.8) is 0 Å². The lowest BCUT2D eigenvalue weighted by Gasteiger charge is -2.09. The molecule has 0 aliphatic heterocycles. The van der Waals surface area contributed by atoms with Crippen molar-refractivity contribution in [2.45, 2.75) is 6.54 Å². The van der Waals surface area contributed by atoms with E-state index in [9.17, 15) is 0 Å². The van der Waals surface area contributed by atoms with Gasteiger partial charge in [-0.3, -0.25) is 0 Å². The zero-order valence-electron chi connectivity index (χ0n) is 8.97. The zero-order chi connectivity index (χ0) is 12.0. The molecule has 0 saturated carbocycles. The van der Waals surface area contributed by atoms with E-state index in [0.717, 1.165) is 5.56 Å². The molecule has 0 aromatic heterocycles. The molecular weight excluding hydrogens is 208 g/mol. The fourth-order valence-electron chi connectivity index (χ4n) is 1.26. The second kappa shape index (κ2) is 5.49. The molecule has 0 bridgehead atoms. The van der Waals surface area contributed by atoms with Gasteiger partial charge in [-0.2, -0.15) is 0 Å². The Balaban J connectivity index is 3.26. The van der Waals surface area contributed by atoms with Gasteiger partial charge in [-0.15, -0.1) is 0 Å². The number of ether oxygens (including phenoxy) is 2. The molecule has 0 unspecified atom stereocenters. The molecule has 0 fully saturated rings. The van der Waals surface area contributed by atoms with Gasteiger partial charge >= 0.3 is 0 Å². The van der Waals surface area contributed by atoms with E-state index in [4.69, 9.17) is 21.6 Å². The second-order valence-electron chi connectivity index (χ2n) is 2.85. The number of nitrogens with zero attached hydrogens (tertiary/aromatic N) is 4. The molecule has 0 radical (unpaired) electrons. The van der Waals surface area contributed by atoms with Gasteiger partial charge in [0.2, 0.25) is 0 Å². The quantitative estimate of drug-likeness (QED) is 0.337. The van der Waals surface area contributed by atoms with Crippen LogP contribution in [0.1, 0.15) is 5.56 Å². The van der Waals surface area contributed by atoms with E-state index in [1.165, 1.54) is 14.2 Å². The third-order valence-electron chi connectivity index (χ3n) is 1.97. The summed E-state index contributed by atoms with van der Waals surface area (Å²) >= 11 is 0. The number of methoxy groups -OCH3 is 2. The molecule has 0 amide bonds. The van der Waals surface area contributed by atoms with E-state index in [1.54, 1.807) is 12.1 Å². The Morgan fingerprint density at radius 3 is 2.25 bits per heavy atom. The fourth-order valence-corrected chi connectivity index (χ4v) is 1.26. The summed E-state index contributed by atoms with van der Waals surface area (Å²) in [7, 11) is 2.95. The number of rotatable bonds is 4. The van der Waals surface area contributed by atoms with Crippen molar-refractivity contribution in [2.75, 3.05) is 14.2 Å². The van der Waals surface area contributed by atoms with E-state index < -0.39 is 0 Å². The molecule has 0 aliphatic carbocycles. The predicted molar refractivity (Wildman–Crippen MR) is 58.7 cm³/mol. The summed E-state index contributed by atoms with van der Waals surface area (Å²) < 4.78 is 10.1. The van der Waals surface area contributed by atoms with Gasteiger partial charge in [0.1, 0.15) is 11.5 Å². The normalized spacial score (nSPS) is 8.81. The second-order valence-corrected chi connectivity index (χ2v) is 2.85. The summed E-state index contributed by atoms with van der Waals surface area (Å²) in [5.74, 6) is 0.829. The van der Waals surface area contributed by atoms with Crippen LogP contribution >= 0.6 is 0 Å². The number of azide groups is 1. The Morgan fingerprint density at radius 2 is 1.88 bits per heavy atom. The Hall–Kier alpha value is -2.38. The third-order valence-corrected chi connectivity index (χ3v) is 1.97. The van der Waals surface area contributed by atoms with Crippen molar-refractivity contribution in [3.8, 4) is 11.5 Å². The first-order chi connectivity index (χ1) is 7.76. The highest BCUT2D eigenvalue weighted by Gasteiger charge is 2.11. The molecule has 6 nitrogen and oxygen atoms in total. The number of benzene rings is 1. The summed E-state index contributed by atoms with van der Waals surface area (Å²) in [6.07, 6.45) is 0. The molecule has 0 saturated heterocycles. The molecule has 1 rings (SSSR count). The summed E-state index contributed by atoms with van der Waals surface area (Å²) in [5, 5.41) is 3.44. The Kier molecular flexibility index (Phi) is 4.01. The van der Waals surface area contributed by atoms with Gasteiger partial charge < -0.3 is 9.47 Å². The van der Waals surface area contributed by atoms with Crippen LogP contribution in [0.4, 0.5) is 5.69 Å². The maximum atomic E-state index is 8.23. The highest BCUT2D eigenvalue weighted by atomic mass is 16.5. The van der Waals surface area contributed by atoms with E-state index in [-0.39, 0.29) is 6.54 Å². The van der Waals surface area contributed by atoms with Crippen molar-refractivity contribution in [2.24, 2.45) is 5.11 Å². The lowest BCUT2D eigenvalue weighted by Crippen LogP contribution is -1.91. The topological polar surface area (TPSA) is 71.6 Å². The predicted octanol–water partition coefficient (Wildman–Crippen LogP) is 3.06. The standard InChI is InChI=1S/C10H10N4O2/c1-12-10-8(15-2)4-7(6-13-14-11)5-9(10)16-3/h4-5H,6H2,2-3H3. The van der Waals surface area contributed by atoms with Gasteiger partial charge in [-0.25, -0.2) is 4.85 Å². The first kappa shape index (κ1) is 11.7. The Morgan fingerprint density at radius 1 is 1.31 bits per heavy atom. The molecule has 16 heavy (non-hydrogen) atoms. The summed E-state index contributed by atoms with van der Waals surface area (Å²) in [6, 6.07) is 3.31. The lowest BCUT2D eigenvalue weighted by molar-refractivity contribution is 0.398. The van der Waals surface area contributed by atoms with Gasteiger partial charge in [0, 0.05) is 4.91 Å². The molecule has 0 atom stereocenters. The van der Waals surface area contributed by atoms with Crippen molar-refractivity contribution in [3.05, 3.63) is 39.6 Å². The molecule has 0 aliphatic rings. The van der Waals surface area contributed by atoms with Crippen LogP contribution in [0.25, 0.3) is 15.3 Å². The van der Waals surface area contributed by atoms with Crippen LogP contribution in [0.3, 0.4) is 0 Å². The summed E-state index contributed by atoms with van der Waals surface area (Å²) in [4.78, 5) is 6.00. The molecular formula is C10H10N4O2. The molecule has 82 valence electrons. The molecule has 1 aromatic carbocycles. The summed E-state index contributed by atoms with van der Waals surface area (Å²) in [6.45, 7) is 7.22. The van der Waals surface area contributed by atoms with Gasteiger partial charge in [0.25, 0.3) is 5.69 Å². The number of hydrogen-bond donors (Lipinski definition) is 0. The van der Waals surface area contributed by atoms with Crippen LogP contribution in [0.5, 0.6) is 11.5 Å². The SMILES string of the molecule is [C-]#[N+]c1c(OC)cc(CN=[N+]=[N-])cc1OC. The van der Waals surface area contributed by atoms with Crippen LogP contribution in [-0.2, 0) is 6.54 Å². The van der Waals surface area contributed by atoms with Crippen LogP contribution in [0.15, 0.2) is 17.2 Å². The van der Waals surface area contributed by atoms with Gasteiger partial charge in [-0.05, 0) is 23.2 Å². The minimum absolute atomic E-state index is 0.196. The smallest absolute Gasteiger partial charge is 0.268 e. The van der Waals surface area contributed by atoms with Crippen molar-refractivity contribution in [1.82, 2.24) is 0 Å². The van der Waals surface area contributed by atoms with Crippen LogP contribution < -0.4 is 9.47 Å². The molecule has 6 heteroatoms. The highest BCUT2D eigenvalue weighted by Crippen LogP contribution is 2.38. The van der Waals surface area contributed by atoms with Crippen molar-refractivity contribution in [1.29, 1.82) is 0 Å². The van der Waals surface area contributed by atoms with Gasteiger partial charge in [0.05, 0.1) is 27.3 Å². The third kappa shape index (κ3) is 2.35. The maximum absolute atomic E-state index is 8.23. The van der Waals surface area contributed by atoms with E-state index in [0.29, 0.717) is 17.2 Å². The minimum Gasteiger partial charge on any atom is -0.508 e. The zero-order valence-corrected chi connectivity index (χ0v) is 8.97. The summed E-state index contributed by atoms with van der Waals surface area (Å²) in [5.41, 5.74) is 9.28. The highest BCUT2D eigenvalue weighted by molar-refractivity contribution is 5.68. The minimum atomic E-state index is 0.196. The molecule has 0 spiro atoms. The first-order valence-corrected chi connectivity index (χ1v) is 4.40. The van der Waals surface area contributed by atoms with Crippen molar-refractivity contribution >= 4 is 5.69 Å². The van der Waals surface area contributed by atoms with E-state index in [2.05, 4.69) is 14.9 Å². The average molecular weight is 218 g/mol. The van der Waals surface area contributed by atoms with Crippen LogP contribution in [0, 0.1) is 6.57 Å². The Bertz CT molecular complexity index is 447. The van der Waals surface area contributed by atoms with Crippen LogP contribution in [0.2, 0.25) is 0 Å². The largest absolute Gasteiger partial charge is 0.508 e. The fraction of sp³-hybridized carbons (Fsp3) is 0.300.